The van der Waals surface area contributed by atoms with Gasteiger partial charge in [-0.2, -0.15) is 0 Å². The van der Waals surface area contributed by atoms with Crippen molar-refractivity contribution in [1.29, 1.82) is 0 Å². The van der Waals surface area contributed by atoms with Crippen molar-refractivity contribution in [1.82, 2.24) is 10.2 Å². The molecule has 0 bridgehead atoms. The summed E-state index contributed by atoms with van der Waals surface area (Å²) >= 11 is 0. The average Bonchev–Trinajstić information content (AvgIpc) is 3.09. The molecule has 1 fully saturated rings. The van der Waals surface area contributed by atoms with Crippen molar-refractivity contribution in [3.05, 3.63) is 23.8 Å². The Morgan fingerprint density at radius 2 is 2.04 bits per heavy atom. The highest BCUT2D eigenvalue weighted by Gasteiger charge is 2.31. The number of carbonyl (C=O) groups excluding carboxylic acids is 2. The van der Waals surface area contributed by atoms with Crippen molar-refractivity contribution in [2.24, 2.45) is 5.92 Å². The molecule has 1 aliphatic rings. The Balaban J connectivity index is 2.04. The summed E-state index contributed by atoms with van der Waals surface area (Å²) in [6, 6.07) is 4.70. The van der Waals surface area contributed by atoms with E-state index in [-0.39, 0.29) is 31.0 Å². The molecule has 0 saturated carbocycles. The van der Waals surface area contributed by atoms with Crippen LogP contribution in [-0.2, 0) is 9.59 Å². The third kappa shape index (κ3) is 4.87. The minimum atomic E-state index is -0.888. The van der Waals surface area contributed by atoms with E-state index in [0.717, 1.165) is 0 Å². The first kappa shape index (κ1) is 19.6. The van der Waals surface area contributed by atoms with Crippen LogP contribution in [0.2, 0.25) is 0 Å². The van der Waals surface area contributed by atoms with Crippen LogP contribution in [0.1, 0.15) is 30.6 Å². The Kier molecular flexibility index (Phi) is 6.43. The molecular weight excluding hydrogens is 340 g/mol. The van der Waals surface area contributed by atoms with Crippen LogP contribution in [0.4, 0.5) is 0 Å². The lowest BCUT2D eigenvalue weighted by Crippen LogP contribution is -2.34. The van der Waals surface area contributed by atoms with Gasteiger partial charge in [-0.3, -0.25) is 14.4 Å². The average molecular weight is 364 g/mol. The topological polar surface area (TPSA) is 105 Å². The lowest BCUT2D eigenvalue weighted by molar-refractivity contribution is -0.141. The van der Waals surface area contributed by atoms with Gasteiger partial charge in [0.25, 0.3) is 11.8 Å². The van der Waals surface area contributed by atoms with Gasteiger partial charge < -0.3 is 24.8 Å². The SMILES string of the molecule is COc1cc(C(=O)N2CCC(C(=O)O)C2)ccc1OCC(=O)NC(C)C. The van der Waals surface area contributed by atoms with E-state index in [1.807, 2.05) is 13.8 Å². The van der Waals surface area contributed by atoms with E-state index in [1.54, 1.807) is 12.1 Å². The second-order valence-electron chi connectivity index (χ2n) is 6.45. The highest BCUT2D eigenvalue weighted by molar-refractivity contribution is 5.95. The van der Waals surface area contributed by atoms with Gasteiger partial charge in [-0.1, -0.05) is 0 Å². The predicted octanol–water partition coefficient (Wildman–Crippen LogP) is 1.15. The molecule has 1 atom stereocenters. The number of methoxy groups -OCH3 is 1. The van der Waals surface area contributed by atoms with Crippen molar-refractivity contribution in [2.75, 3.05) is 26.8 Å². The number of aliphatic carboxylic acids is 1. The largest absolute Gasteiger partial charge is 0.493 e. The van der Waals surface area contributed by atoms with Crippen LogP contribution in [0, 0.1) is 5.92 Å². The summed E-state index contributed by atoms with van der Waals surface area (Å²) in [6.07, 6.45) is 0.449. The van der Waals surface area contributed by atoms with Gasteiger partial charge in [0.05, 0.1) is 13.0 Å². The molecule has 8 heteroatoms. The van der Waals surface area contributed by atoms with E-state index >= 15 is 0 Å². The fraction of sp³-hybridized carbons (Fsp3) is 0.500. The number of nitrogens with zero attached hydrogens (tertiary/aromatic N) is 1. The monoisotopic (exact) mass is 364 g/mol. The maximum atomic E-state index is 12.6. The Hall–Kier alpha value is -2.77. The second kappa shape index (κ2) is 8.55. The molecule has 8 nitrogen and oxygen atoms in total. The molecule has 26 heavy (non-hydrogen) atoms. The maximum absolute atomic E-state index is 12.6. The Bertz CT molecular complexity index is 688. The van der Waals surface area contributed by atoms with Crippen molar-refractivity contribution in [3.63, 3.8) is 0 Å². The van der Waals surface area contributed by atoms with Crippen molar-refractivity contribution >= 4 is 17.8 Å². The van der Waals surface area contributed by atoms with Gasteiger partial charge in [0.15, 0.2) is 18.1 Å². The summed E-state index contributed by atoms with van der Waals surface area (Å²) in [4.78, 5) is 36.8. The summed E-state index contributed by atoms with van der Waals surface area (Å²) in [5, 5.41) is 11.8. The molecule has 2 amide bonds. The zero-order chi connectivity index (χ0) is 19.3. The summed E-state index contributed by atoms with van der Waals surface area (Å²) < 4.78 is 10.7. The molecular formula is C18H24N2O6. The van der Waals surface area contributed by atoms with Crippen LogP contribution >= 0.6 is 0 Å². The van der Waals surface area contributed by atoms with E-state index in [9.17, 15) is 14.4 Å². The van der Waals surface area contributed by atoms with E-state index < -0.39 is 11.9 Å². The van der Waals surface area contributed by atoms with E-state index in [1.165, 1.54) is 18.1 Å². The lowest BCUT2D eigenvalue weighted by atomic mass is 10.1. The molecule has 1 aromatic carbocycles. The number of hydrogen-bond donors (Lipinski definition) is 2. The highest BCUT2D eigenvalue weighted by atomic mass is 16.5. The quantitative estimate of drug-likeness (QED) is 0.752. The van der Waals surface area contributed by atoms with Crippen LogP contribution in [-0.4, -0.2) is 60.6 Å². The molecule has 1 aliphatic heterocycles. The van der Waals surface area contributed by atoms with Crippen LogP contribution < -0.4 is 14.8 Å². The third-order valence-electron chi connectivity index (χ3n) is 4.04. The summed E-state index contributed by atoms with van der Waals surface area (Å²) in [5.74, 6) is -1.23. The fourth-order valence-corrected chi connectivity index (χ4v) is 2.76. The van der Waals surface area contributed by atoms with E-state index in [0.29, 0.717) is 30.0 Å². The molecule has 142 valence electrons. The number of likely N-dealkylation sites (tertiary alicyclic amines) is 1. The first-order valence-corrected chi connectivity index (χ1v) is 8.44. The van der Waals surface area contributed by atoms with Crippen molar-refractivity contribution in [3.8, 4) is 11.5 Å². The standard InChI is InChI=1S/C18H24N2O6/c1-11(2)19-16(21)10-26-14-5-4-12(8-15(14)25-3)17(22)20-7-6-13(9-20)18(23)24/h4-5,8,11,13H,6-7,9-10H2,1-3H3,(H,19,21)(H,23,24). The molecule has 1 aromatic rings. The zero-order valence-corrected chi connectivity index (χ0v) is 15.2. The second-order valence-corrected chi connectivity index (χ2v) is 6.45. The number of benzene rings is 1. The molecule has 0 radical (unpaired) electrons. The number of carbonyl (C=O) groups is 3. The number of carboxylic acids is 1. The molecule has 2 N–H and O–H groups in total. The van der Waals surface area contributed by atoms with Crippen LogP contribution in [0.3, 0.4) is 0 Å². The number of nitrogens with one attached hydrogen (secondary N) is 1. The van der Waals surface area contributed by atoms with Gasteiger partial charge in [-0.05, 0) is 38.5 Å². The summed E-state index contributed by atoms with van der Waals surface area (Å²) in [6.45, 7) is 4.16. The Labute approximate surface area is 152 Å². The molecule has 1 heterocycles. The van der Waals surface area contributed by atoms with Gasteiger partial charge in [-0.25, -0.2) is 0 Å². The molecule has 2 rings (SSSR count). The first-order valence-electron chi connectivity index (χ1n) is 8.44. The molecule has 1 saturated heterocycles. The lowest BCUT2D eigenvalue weighted by Gasteiger charge is -2.17. The van der Waals surface area contributed by atoms with Crippen molar-refractivity contribution < 1.29 is 29.0 Å². The first-order chi connectivity index (χ1) is 12.3. The number of hydrogen-bond acceptors (Lipinski definition) is 5. The molecule has 0 aromatic heterocycles. The number of ether oxygens (including phenoxy) is 2. The third-order valence-corrected chi connectivity index (χ3v) is 4.04. The zero-order valence-electron chi connectivity index (χ0n) is 15.2. The molecule has 0 aliphatic carbocycles. The van der Waals surface area contributed by atoms with E-state index in [2.05, 4.69) is 5.32 Å². The fourth-order valence-electron chi connectivity index (χ4n) is 2.76. The normalized spacial score (nSPS) is 16.5. The van der Waals surface area contributed by atoms with Crippen LogP contribution in [0.15, 0.2) is 18.2 Å². The number of carboxylic acid groups (broad SMARTS) is 1. The molecule has 0 spiro atoms. The van der Waals surface area contributed by atoms with Crippen LogP contribution in [0.5, 0.6) is 11.5 Å². The predicted molar refractivity (Wildman–Crippen MR) is 93.4 cm³/mol. The summed E-state index contributed by atoms with van der Waals surface area (Å²) in [7, 11) is 1.45. The van der Waals surface area contributed by atoms with E-state index in [4.69, 9.17) is 14.6 Å². The van der Waals surface area contributed by atoms with Gasteiger partial charge in [0.1, 0.15) is 0 Å². The minimum absolute atomic E-state index is 0.0167. The minimum Gasteiger partial charge on any atom is -0.493 e. The van der Waals surface area contributed by atoms with Gasteiger partial charge >= 0.3 is 5.97 Å². The number of rotatable bonds is 7. The summed E-state index contributed by atoms with van der Waals surface area (Å²) in [5.41, 5.74) is 0.381. The Morgan fingerprint density at radius 3 is 2.62 bits per heavy atom. The van der Waals surface area contributed by atoms with Gasteiger partial charge in [0, 0.05) is 24.7 Å². The van der Waals surface area contributed by atoms with Gasteiger partial charge in [0.2, 0.25) is 0 Å². The van der Waals surface area contributed by atoms with Gasteiger partial charge in [-0.15, -0.1) is 0 Å². The highest BCUT2D eigenvalue weighted by Crippen LogP contribution is 2.29. The molecule has 1 unspecified atom stereocenters. The maximum Gasteiger partial charge on any atom is 0.308 e. The number of amides is 2. The van der Waals surface area contributed by atoms with Crippen molar-refractivity contribution in [2.45, 2.75) is 26.3 Å². The smallest absolute Gasteiger partial charge is 0.308 e. The van der Waals surface area contributed by atoms with Crippen LogP contribution in [0.25, 0.3) is 0 Å². The Morgan fingerprint density at radius 1 is 1.31 bits per heavy atom.